The van der Waals surface area contributed by atoms with Crippen molar-refractivity contribution in [2.24, 2.45) is 11.8 Å². The highest BCUT2D eigenvalue weighted by atomic mass is 16.6. The number of amides is 7. The molecule has 27 nitrogen and oxygen atoms in total. The van der Waals surface area contributed by atoms with Crippen LogP contribution in [0.25, 0.3) is 0 Å². The summed E-state index contributed by atoms with van der Waals surface area (Å²) in [6.45, 7) is 8.08. The van der Waals surface area contributed by atoms with Gasteiger partial charge in [-0.3, -0.25) is 72.3 Å². The van der Waals surface area contributed by atoms with Crippen LogP contribution in [0.4, 0.5) is 5.69 Å². The Labute approximate surface area is 457 Å². The highest BCUT2D eigenvalue weighted by Gasteiger charge is 2.46. The van der Waals surface area contributed by atoms with Gasteiger partial charge < -0.3 is 62.0 Å². The number of esters is 1. The Balaban J connectivity index is 0.916. The Morgan fingerprint density at radius 3 is 1.89 bits per heavy atom. The molecule has 0 spiro atoms. The van der Waals surface area contributed by atoms with Crippen LogP contribution in [0, 0.1) is 11.8 Å². The minimum Gasteiger partial charge on any atom is -0.481 e. The fourth-order valence-corrected chi connectivity index (χ4v) is 10.7. The van der Waals surface area contributed by atoms with Crippen molar-refractivity contribution in [3.05, 3.63) is 29.3 Å². The molecule has 7 atom stereocenters. The molecule has 27 heteroatoms. The van der Waals surface area contributed by atoms with Crippen LogP contribution in [0.3, 0.4) is 0 Å². The number of carbonyl (C=O) groups is 11. The third-order valence-corrected chi connectivity index (χ3v) is 15.3. The Morgan fingerprint density at radius 1 is 0.671 bits per heavy atom. The number of carbonyl (C=O) groups excluding carboxylic acids is 8. The van der Waals surface area contributed by atoms with Gasteiger partial charge >= 0.3 is 23.9 Å². The van der Waals surface area contributed by atoms with Gasteiger partial charge in [-0.25, -0.2) is 0 Å². The van der Waals surface area contributed by atoms with Gasteiger partial charge in [0.05, 0.1) is 31.7 Å². The average Bonchev–Trinajstić information content (AvgIpc) is 4.19. The minimum absolute atomic E-state index is 0.0338. The Kier molecular flexibility index (Phi) is 22.9. The van der Waals surface area contributed by atoms with Crippen molar-refractivity contribution in [1.82, 2.24) is 51.5 Å². The van der Waals surface area contributed by atoms with Crippen molar-refractivity contribution in [3.63, 3.8) is 0 Å². The molecule has 1 aromatic rings. The summed E-state index contributed by atoms with van der Waals surface area (Å²) in [4.78, 5) is 150. The van der Waals surface area contributed by atoms with E-state index in [2.05, 4.69) is 36.8 Å². The number of aryl methyl sites for hydroxylation is 1. The first kappa shape index (κ1) is 61.4. The lowest BCUT2D eigenvalue weighted by Crippen LogP contribution is -2.59. The number of ether oxygens (including phenoxy) is 1. The number of rotatable bonds is 26. The number of likely N-dealkylation sites (tertiary alicyclic amines) is 1. The molecule has 1 aromatic carbocycles. The van der Waals surface area contributed by atoms with E-state index >= 15 is 0 Å². The topological polar surface area (TPSA) is 366 Å². The second kappa shape index (κ2) is 29.4. The van der Waals surface area contributed by atoms with E-state index in [0.717, 1.165) is 30.5 Å². The molecule has 436 valence electrons. The smallest absolute Gasteiger partial charge is 0.317 e. The highest BCUT2D eigenvalue weighted by Crippen LogP contribution is 2.39. The van der Waals surface area contributed by atoms with Crippen molar-refractivity contribution in [2.75, 3.05) is 96.5 Å². The van der Waals surface area contributed by atoms with Gasteiger partial charge in [-0.05, 0) is 68.2 Å². The van der Waals surface area contributed by atoms with Gasteiger partial charge in [-0.15, -0.1) is 0 Å². The number of benzene rings is 1. The molecule has 0 aliphatic carbocycles. The summed E-state index contributed by atoms with van der Waals surface area (Å²) in [7, 11) is 0. The summed E-state index contributed by atoms with van der Waals surface area (Å²) in [5, 5.41) is 54.2. The number of aliphatic hydroxyl groups is 1. The molecule has 3 saturated heterocycles. The number of para-hydroxylation sites is 1. The maximum atomic E-state index is 14.3. The summed E-state index contributed by atoms with van der Waals surface area (Å²) < 4.78 is 4.76. The van der Waals surface area contributed by atoms with Crippen LogP contribution in [0.15, 0.2) is 18.2 Å². The molecule has 0 radical (unpaired) electrons. The summed E-state index contributed by atoms with van der Waals surface area (Å²) in [6, 6.07) is 0.103. The predicted molar refractivity (Wildman–Crippen MR) is 280 cm³/mol. The number of hydrogen-bond acceptors (Lipinski definition) is 17. The zero-order valence-corrected chi connectivity index (χ0v) is 45.0. The molecule has 3 fully saturated rings. The zero-order valence-electron chi connectivity index (χ0n) is 45.0. The number of anilines is 1. The molecule has 5 aliphatic heterocycles. The number of aliphatic carboxylic acids is 3. The Morgan fingerprint density at radius 2 is 1.28 bits per heavy atom. The van der Waals surface area contributed by atoms with Gasteiger partial charge in [-0.2, -0.15) is 0 Å². The van der Waals surface area contributed by atoms with E-state index in [0.29, 0.717) is 70.9 Å². The Hall–Kier alpha value is -6.81. The molecule has 5 aliphatic rings. The molecule has 7 amide bonds. The number of cyclic esters (lactones) is 1. The van der Waals surface area contributed by atoms with Gasteiger partial charge in [0.2, 0.25) is 47.6 Å². The second-order valence-corrected chi connectivity index (χ2v) is 21.1. The monoisotopic (exact) mass is 1110 g/mol. The summed E-state index contributed by atoms with van der Waals surface area (Å²) in [5.41, 5.74) is 2.13. The molecule has 0 unspecified atom stereocenters. The number of nitrogens with zero attached hydrogens (tertiary/aromatic N) is 5. The lowest BCUT2D eigenvalue weighted by atomic mass is 9.96. The number of nitrogens with one attached hydrogen (secondary N) is 6. The lowest BCUT2D eigenvalue weighted by Gasteiger charge is -2.35. The van der Waals surface area contributed by atoms with Crippen LogP contribution in [0.1, 0.15) is 82.8 Å². The zero-order chi connectivity index (χ0) is 57.3. The third kappa shape index (κ3) is 18.4. The van der Waals surface area contributed by atoms with Gasteiger partial charge in [0.15, 0.2) is 0 Å². The van der Waals surface area contributed by atoms with E-state index in [4.69, 9.17) is 4.74 Å². The van der Waals surface area contributed by atoms with Crippen LogP contribution in [0.5, 0.6) is 0 Å². The van der Waals surface area contributed by atoms with E-state index in [1.165, 1.54) is 4.90 Å². The average molecular weight is 1110 g/mol. The molecular weight excluding hydrogens is 1030 g/mol. The second-order valence-electron chi connectivity index (χ2n) is 21.1. The van der Waals surface area contributed by atoms with E-state index < -0.39 is 108 Å². The number of carboxylic acid groups (broad SMARTS) is 3. The Bertz CT molecular complexity index is 2380. The number of carboxylic acids is 3. The van der Waals surface area contributed by atoms with Gasteiger partial charge in [0.1, 0.15) is 30.2 Å². The molecule has 5 heterocycles. The van der Waals surface area contributed by atoms with Crippen LogP contribution in [-0.4, -0.2) is 233 Å². The third-order valence-electron chi connectivity index (χ3n) is 15.3. The first-order valence-corrected chi connectivity index (χ1v) is 27.3. The van der Waals surface area contributed by atoms with Crippen molar-refractivity contribution in [2.45, 2.75) is 121 Å². The fourth-order valence-electron chi connectivity index (χ4n) is 10.7. The molecule has 0 bridgehead atoms. The molecule has 79 heavy (non-hydrogen) atoms. The van der Waals surface area contributed by atoms with Crippen molar-refractivity contribution < 1.29 is 77.9 Å². The summed E-state index contributed by atoms with van der Waals surface area (Å²) in [6.07, 6.45) is -0.0619. The number of piperidine rings is 1. The molecule has 0 saturated carbocycles. The van der Waals surface area contributed by atoms with Crippen LogP contribution >= 0.6 is 0 Å². The van der Waals surface area contributed by atoms with E-state index in [9.17, 15) is 73.2 Å². The molecule has 10 N–H and O–H groups in total. The highest BCUT2D eigenvalue weighted by molar-refractivity contribution is 6.08. The standard InChI is InChI=1S/C52H77N11O16/c1-3-31(2)46(50(76)56-36-8-7-33-5-4-6-34-25-38(63(47(33)34)51(36)77)49(75)57-37-26-45(73)79-52(37)78)58-40(65)12-15-53-39(64)11-16-54-48(74)35(9-10-42(67)68)55-41(66)28-59-17-13-32(14-18-59)27-60-19-21-61(29-43(69)70)23-24-62(22-20-60)30-44(71)72/h4-6,31-32,35-38,46,52,78H,3,7-30H2,1-2H3,(H,53,64)(H,54,74)(H,55,66)(H,56,76)(H,57,75)(H,58,65)(H,67,68)(H,69,70)(H,71,72)/t31-,35+,36-,37-,38-,46-,52+/m0/s1. The lowest BCUT2D eigenvalue weighted by molar-refractivity contribution is -0.155. The predicted octanol–water partition coefficient (Wildman–Crippen LogP) is -3.18. The number of hydrogen-bond donors (Lipinski definition) is 10. The van der Waals surface area contributed by atoms with Crippen molar-refractivity contribution >= 4 is 70.9 Å². The van der Waals surface area contributed by atoms with Gasteiger partial charge in [0, 0.05) is 84.6 Å². The number of aliphatic hydroxyl groups excluding tert-OH is 1. The van der Waals surface area contributed by atoms with E-state index in [1.54, 1.807) is 6.92 Å². The largest absolute Gasteiger partial charge is 0.481 e. The van der Waals surface area contributed by atoms with Crippen molar-refractivity contribution in [1.29, 1.82) is 0 Å². The normalized spacial score (nSPS) is 22.5. The fraction of sp³-hybridized carbons (Fsp3) is 0.673. The molecule has 0 aromatic heterocycles. The quantitative estimate of drug-likeness (QED) is 0.0409. The summed E-state index contributed by atoms with van der Waals surface area (Å²) >= 11 is 0. The van der Waals surface area contributed by atoms with Gasteiger partial charge in [-0.1, -0.05) is 38.5 Å². The van der Waals surface area contributed by atoms with Crippen LogP contribution in [-0.2, 0) is 70.3 Å². The first-order valence-electron chi connectivity index (χ1n) is 27.3. The molecular formula is C52H77N11O16. The maximum absolute atomic E-state index is 14.3. The van der Waals surface area contributed by atoms with Crippen LogP contribution < -0.4 is 36.8 Å². The van der Waals surface area contributed by atoms with E-state index in [-0.39, 0.29) is 83.1 Å². The van der Waals surface area contributed by atoms with Crippen LogP contribution in [0.2, 0.25) is 0 Å². The SMILES string of the molecule is CC[C@H](C)[C@H](NC(=O)CCNC(=O)CCNC(=O)[C@@H](CCC(=O)O)NC(=O)CN1CCC(CN2CCN(CC(=O)O)CCN(CC(=O)O)CC2)CC1)C(=O)N[C@H]1CCc2cccc3c2N(C1=O)[C@H](C(=O)N[C@H]1CC(=O)O[C@H]1O)C3. The summed E-state index contributed by atoms with van der Waals surface area (Å²) in [5.74, 6) is -7.85. The minimum atomic E-state index is -1.53. The van der Waals surface area contributed by atoms with Crippen molar-refractivity contribution in [3.8, 4) is 0 Å². The molecule has 6 rings (SSSR count). The van der Waals surface area contributed by atoms with E-state index in [1.807, 2.05) is 39.8 Å². The maximum Gasteiger partial charge on any atom is 0.317 e. The van der Waals surface area contributed by atoms with Gasteiger partial charge in [0.25, 0.3) is 0 Å². The first-order chi connectivity index (χ1) is 37.7.